The van der Waals surface area contributed by atoms with Gasteiger partial charge in [-0.2, -0.15) is 0 Å². The van der Waals surface area contributed by atoms with Crippen molar-refractivity contribution >= 4 is 22.8 Å². The van der Waals surface area contributed by atoms with Crippen molar-refractivity contribution in [2.75, 3.05) is 7.11 Å². The third-order valence-electron chi connectivity index (χ3n) is 4.78. The van der Waals surface area contributed by atoms with Crippen molar-refractivity contribution in [3.05, 3.63) is 60.0 Å². The topological polar surface area (TPSA) is 95.4 Å². The molecule has 140 valence electrons. The summed E-state index contributed by atoms with van der Waals surface area (Å²) < 4.78 is 10.8. The number of hydrogen-bond donors (Lipinski definition) is 1. The Kier molecular flexibility index (Phi) is 5.54. The van der Waals surface area contributed by atoms with Crippen LogP contribution in [-0.2, 0) is 11.2 Å². The fourth-order valence-electron chi connectivity index (χ4n) is 3.07. The Morgan fingerprint density at radius 1 is 1.19 bits per heavy atom. The highest BCUT2D eigenvalue weighted by atomic mass is 16.5. The largest absolute Gasteiger partial charge is 0.497 e. The van der Waals surface area contributed by atoms with Gasteiger partial charge in [-0.15, -0.1) is 0 Å². The Morgan fingerprint density at radius 2 is 1.93 bits per heavy atom. The number of fused-ring (bicyclic) bond motifs is 1. The van der Waals surface area contributed by atoms with Crippen LogP contribution in [0, 0.1) is 11.8 Å². The number of rotatable bonds is 8. The summed E-state index contributed by atoms with van der Waals surface area (Å²) in [6.07, 6.45) is 1.14. The maximum absolute atomic E-state index is 13.0. The number of aromatic nitrogens is 1. The molecule has 0 aliphatic rings. The van der Waals surface area contributed by atoms with E-state index in [1.165, 1.54) is 0 Å². The van der Waals surface area contributed by atoms with Gasteiger partial charge in [0, 0.05) is 17.9 Å². The molecule has 27 heavy (non-hydrogen) atoms. The molecule has 1 unspecified atom stereocenters. The Hall–Kier alpha value is -3.15. The molecule has 0 bridgehead atoms. The van der Waals surface area contributed by atoms with Crippen LogP contribution >= 0.6 is 0 Å². The molecule has 6 heteroatoms. The molecule has 0 saturated heterocycles. The maximum atomic E-state index is 13.0. The van der Waals surface area contributed by atoms with Gasteiger partial charge < -0.3 is 14.9 Å². The number of amides is 1. The molecule has 1 aromatic heterocycles. The number of benzene rings is 2. The fourth-order valence-corrected chi connectivity index (χ4v) is 3.07. The Balaban J connectivity index is 1.86. The van der Waals surface area contributed by atoms with Crippen LogP contribution in [0.4, 0.5) is 0 Å². The second-order valence-corrected chi connectivity index (χ2v) is 6.54. The van der Waals surface area contributed by atoms with E-state index in [1.807, 2.05) is 30.3 Å². The van der Waals surface area contributed by atoms with Crippen molar-refractivity contribution in [1.29, 1.82) is 0 Å². The minimum atomic E-state index is -0.620. The van der Waals surface area contributed by atoms with Gasteiger partial charge in [-0.25, -0.2) is 4.98 Å². The number of Topliss-reactive ketones (excluding diaryl/α,β-unsaturated/α-hetero) is 1. The van der Waals surface area contributed by atoms with Gasteiger partial charge >= 0.3 is 0 Å². The molecule has 2 aromatic carbocycles. The summed E-state index contributed by atoms with van der Waals surface area (Å²) >= 11 is 0. The lowest BCUT2D eigenvalue weighted by Gasteiger charge is -2.19. The van der Waals surface area contributed by atoms with Crippen molar-refractivity contribution < 1.29 is 18.7 Å². The molecule has 1 amide bonds. The van der Waals surface area contributed by atoms with Gasteiger partial charge in [-0.1, -0.05) is 37.3 Å². The molecule has 0 radical (unpaired) electrons. The van der Waals surface area contributed by atoms with Crippen molar-refractivity contribution in [2.45, 2.75) is 19.8 Å². The lowest BCUT2D eigenvalue weighted by atomic mass is 9.84. The first kappa shape index (κ1) is 18.6. The third-order valence-corrected chi connectivity index (χ3v) is 4.78. The van der Waals surface area contributed by atoms with Gasteiger partial charge in [0.1, 0.15) is 11.3 Å². The second-order valence-electron chi connectivity index (χ2n) is 6.54. The minimum absolute atomic E-state index is 0.00980. The fraction of sp³-hybridized carbons (Fsp3) is 0.286. The van der Waals surface area contributed by atoms with Crippen LogP contribution in [0.15, 0.2) is 52.9 Å². The van der Waals surface area contributed by atoms with Crippen molar-refractivity contribution in [3.8, 4) is 5.75 Å². The van der Waals surface area contributed by atoms with E-state index in [4.69, 9.17) is 14.9 Å². The zero-order valence-corrected chi connectivity index (χ0v) is 15.3. The quantitative estimate of drug-likeness (QED) is 0.617. The summed E-state index contributed by atoms with van der Waals surface area (Å²) in [7, 11) is 1.55. The highest BCUT2D eigenvalue weighted by Gasteiger charge is 2.32. The number of carbonyl (C=O) groups is 2. The van der Waals surface area contributed by atoms with E-state index in [0.29, 0.717) is 29.7 Å². The van der Waals surface area contributed by atoms with E-state index in [-0.39, 0.29) is 11.7 Å². The molecule has 3 rings (SSSR count). The van der Waals surface area contributed by atoms with E-state index >= 15 is 0 Å². The van der Waals surface area contributed by atoms with Gasteiger partial charge in [-0.05, 0) is 30.5 Å². The number of primary amides is 1. The van der Waals surface area contributed by atoms with Crippen molar-refractivity contribution in [3.63, 3.8) is 0 Å². The standard InChI is InChI=1S/C21H22N2O4/c1-13(20(22)25)16(10-8-14-6-4-3-5-7-14)19(24)21-23-17-11-9-15(26-2)12-18(17)27-21/h3-7,9,11-13,16H,8,10H2,1-2H3,(H2,22,25)/t13?,16-/m0/s1. The Labute approximate surface area is 157 Å². The molecule has 0 spiro atoms. The number of ether oxygens (including phenoxy) is 1. The summed E-state index contributed by atoms with van der Waals surface area (Å²) in [5, 5.41) is 0. The van der Waals surface area contributed by atoms with Crippen LogP contribution in [-0.4, -0.2) is 23.8 Å². The summed E-state index contributed by atoms with van der Waals surface area (Å²) in [5.74, 6) is -1.44. The lowest BCUT2D eigenvalue weighted by molar-refractivity contribution is -0.122. The third kappa shape index (κ3) is 4.16. The summed E-state index contributed by atoms with van der Waals surface area (Å²) in [4.78, 5) is 29.1. The molecule has 2 N–H and O–H groups in total. The Morgan fingerprint density at radius 3 is 2.59 bits per heavy atom. The number of aryl methyl sites for hydroxylation is 1. The molecule has 0 aliphatic carbocycles. The normalized spacial score (nSPS) is 13.3. The van der Waals surface area contributed by atoms with Gasteiger partial charge in [0.2, 0.25) is 11.7 Å². The SMILES string of the molecule is COc1ccc2nc(C(=O)[C@@H](CCc3ccccc3)C(C)C(N)=O)oc2c1. The Bertz CT molecular complexity index is 949. The van der Waals surface area contributed by atoms with Gasteiger partial charge in [0.25, 0.3) is 5.89 Å². The first-order valence-corrected chi connectivity index (χ1v) is 8.81. The van der Waals surface area contributed by atoms with Crippen LogP contribution in [0.25, 0.3) is 11.1 Å². The number of nitrogens with zero attached hydrogens (tertiary/aromatic N) is 1. The average molecular weight is 366 g/mol. The van der Waals surface area contributed by atoms with Crippen LogP contribution in [0.3, 0.4) is 0 Å². The summed E-state index contributed by atoms with van der Waals surface area (Å²) in [6, 6.07) is 14.9. The van der Waals surface area contributed by atoms with E-state index in [2.05, 4.69) is 4.98 Å². The molecule has 6 nitrogen and oxygen atoms in total. The van der Waals surface area contributed by atoms with E-state index in [9.17, 15) is 9.59 Å². The van der Waals surface area contributed by atoms with Crippen LogP contribution in [0.5, 0.6) is 5.75 Å². The zero-order valence-electron chi connectivity index (χ0n) is 15.3. The molecule has 0 saturated carbocycles. The van der Waals surface area contributed by atoms with Crippen LogP contribution in [0.1, 0.15) is 29.6 Å². The summed E-state index contributed by atoms with van der Waals surface area (Å²) in [5.41, 5.74) is 7.59. The molecule has 0 aliphatic heterocycles. The smallest absolute Gasteiger partial charge is 0.264 e. The highest BCUT2D eigenvalue weighted by Crippen LogP contribution is 2.27. The van der Waals surface area contributed by atoms with E-state index in [0.717, 1.165) is 5.56 Å². The van der Waals surface area contributed by atoms with Crippen molar-refractivity contribution in [1.82, 2.24) is 4.98 Å². The molecule has 2 atom stereocenters. The molecular weight excluding hydrogens is 344 g/mol. The minimum Gasteiger partial charge on any atom is -0.497 e. The zero-order chi connectivity index (χ0) is 19.4. The first-order valence-electron chi connectivity index (χ1n) is 8.81. The number of ketones is 1. The molecule has 1 heterocycles. The van der Waals surface area contributed by atoms with Crippen molar-refractivity contribution in [2.24, 2.45) is 17.6 Å². The van der Waals surface area contributed by atoms with Gasteiger partial charge in [-0.3, -0.25) is 9.59 Å². The molecule has 3 aromatic rings. The predicted molar refractivity (Wildman–Crippen MR) is 102 cm³/mol. The maximum Gasteiger partial charge on any atom is 0.264 e. The number of methoxy groups -OCH3 is 1. The van der Waals surface area contributed by atoms with E-state index < -0.39 is 17.7 Å². The number of carbonyl (C=O) groups excluding carboxylic acids is 2. The monoisotopic (exact) mass is 366 g/mol. The van der Waals surface area contributed by atoms with Gasteiger partial charge in [0.05, 0.1) is 7.11 Å². The van der Waals surface area contributed by atoms with Crippen LogP contribution in [0.2, 0.25) is 0 Å². The number of nitrogens with two attached hydrogens (primary N) is 1. The average Bonchev–Trinajstić information content (AvgIpc) is 3.11. The first-order chi connectivity index (χ1) is 13.0. The highest BCUT2D eigenvalue weighted by molar-refractivity contribution is 5.98. The number of hydrogen-bond acceptors (Lipinski definition) is 5. The predicted octanol–water partition coefficient (Wildman–Crippen LogP) is 3.39. The lowest BCUT2D eigenvalue weighted by Crippen LogP contribution is -2.33. The molecular formula is C21H22N2O4. The van der Waals surface area contributed by atoms with E-state index in [1.54, 1.807) is 32.2 Å². The summed E-state index contributed by atoms with van der Waals surface area (Å²) in [6.45, 7) is 1.67. The molecule has 0 fully saturated rings. The van der Waals surface area contributed by atoms with Crippen LogP contribution < -0.4 is 10.5 Å². The number of oxazole rings is 1. The van der Waals surface area contributed by atoms with Gasteiger partial charge in [0.15, 0.2) is 5.58 Å². The second kappa shape index (κ2) is 8.03.